The average Bonchev–Trinajstić information content (AvgIpc) is 3.00. The van der Waals surface area contributed by atoms with Crippen molar-refractivity contribution in [2.24, 2.45) is 0 Å². The van der Waals surface area contributed by atoms with Crippen LogP contribution in [0.2, 0.25) is 0 Å². The maximum Gasteiger partial charge on any atom is 0.288 e. The predicted octanol–water partition coefficient (Wildman–Crippen LogP) is 1.03. The molecule has 0 atom stereocenters. The molecular formula is C14H11N5O2. The van der Waals surface area contributed by atoms with Crippen molar-refractivity contribution in [1.29, 1.82) is 0 Å². The van der Waals surface area contributed by atoms with Crippen molar-refractivity contribution in [3.8, 4) is 0 Å². The van der Waals surface area contributed by atoms with Gasteiger partial charge < -0.3 is 4.98 Å². The van der Waals surface area contributed by atoms with Crippen LogP contribution in [0.4, 0.5) is 0 Å². The van der Waals surface area contributed by atoms with Crippen LogP contribution in [0, 0.1) is 0 Å². The molecule has 21 heavy (non-hydrogen) atoms. The van der Waals surface area contributed by atoms with E-state index in [1.165, 1.54) is 6.20 Å². The maximum atomic E-state index is 12.0. The van der Waals surface area contributed by atoms with Gasteiger partial charge in [0.05, 0.1) is 17.4 Å². The summed E-state index contributed by atoms with van der Waals surface area (Å²) in [5.74, 6) is -0.901. The van der Waals surface area contributed by atoms with Crippen molar-refractivity contribution >= 4 is 22.8 Å². The molecule has 0 aliphatic carbocycles. The van der Waals surface area contributed by atoms with Gasteiger partial charge in [-0.25, -0.2) is 4.98 Å². The number of aromatic nitrogens is 3. The topological polar surface area (TPSA) is 99.8 Å². The largest absolute Gasteiger partial charge is 0.345 e. The van der Waals surface area contributed by atoms with Crippen LogP contribution >= 0.6 is 0 Å². The first-order valence-electron chi connectivity index (χ1n) is 6.19. The van der Waals surface area contributed by atoms with Gasteiger partial charge in [-0.05, 0) is 30.3 Å². The lowest BCUT2D eigenvalue weighted by molar-refractivity contribution is 0.0844. The van der Waals surface area contributed by atoms with E-state index in [1.54, 1.807) is 42.7 Å². The monoisotopic (exact) mass is 281 g/mol. The number of fused-ring (bicyclic) bond motifs is 1. The maximum absolute atomic E-state index is 12.0. The number of nitrogens with zero attached hydrogens (tertiary/aromatic N) is 2. The first-order chi connectivity index (χ1) is 10.2. The normalized spacial score (nSPS) is 10.3. The summed E-state index contributed by atoms with van der Waals surface area (Å²) in [6.07, 6.45) is 3.05. The number of hydrazine groups is 1. The van der Waals surface area contributed by atoms with E-state index in [-0.39, 0.29) is 5.69 Å². The smallest absolute Gasteiger partial charge is 0.288 e. The Bertz CT molecular complexity index is 797. The highest BCUT2D eigenvalue weighted by Crippen LogP contribution is 2.11. The highest BCUT2D eigenvalue weighted by Gasteiger charge is 2.10. The van der Waals surface area contributed by atoms with Gasteiger partial charge in [0.1, 0.15) is 5.69 Å². The van der Waals surface area contributed by atoms with E-state index in [9.17, 15) is 9.59 Å². The molecule has 1 aromatic carbocycles. The molecule has 2 amide bonds. The molecule has 0 unspecified atom stereocenters. The Kier molecular flexibility index (Phi) is 3.30. The minimum Gasteiger partial charge on any atom is -0.345 e. The summed E-state index contributed by atoms with van der Waals surface area (Å²) in [5, 5.41) is 0. The van der Waals surface area contributed by atoms with Gasteiger partial charge in [-0.2, -0.15) is 0 Å². The lowest BCUT2D eigenvalue weighted by Gasteiger charge is -2.06. The standard InChI is InChI=1S/C14H11N5O2/c20-13(9-4-5-10-12(7-9)17-8-16-10)18-19-14(21)11-3-1-2-6-15-11/h1-8H,(H,16,17)(H,18,20)(H,19,21). The second-order valence-electron chi connectivity index (χ2n) is 4.26. The number of aromatic amines is 1. The Balaban J connectivity index is 1.67. The molecule has 2 heterocycles. The highest BCUT2D eigenvalue weighted by molar-refractivity contribution is 5.99. The third-order valence-corrected chi connectivity index (χ3v) is 2.87. The van der Waals surface area contributed by atoms with E-state index in [1.807, 2.05) is 0 Å². The van der Waals surface area contributed by atoms with E-state index in [2.05, 4.69) is 25.8 Å². The molecule has 3 rings (SSSR count). The highest BCUT2D eigenvalue weighted by atomic mass is 16.2. The van der Waals surface area contributed by atoms with E-state index in [4.69, 9.17) is 0 Å². The third-order valence-electron chi connectivity index (χ3n) is 2.87. The Hall–Kier alpha value is -3.22. The zero-order chi connectivity index (χ0) is 14.7. The molecule has 7 nitrogen and oxygen atoms in total. The molecule has 0 saturated heterocycles. The molecule has 0 aliphatic heterocycles. The Morgan fingerprint density at radius 3 is 2.67 bits per heavy atom. The lowest BCUT2D eigenvalue weighted by atomic mass is 10.2. The minimum absolute atomic E-state index is 0.224. The molecule has 0 saturated carbocycles. The summed E-state index contributed by atoms with van der Waals surface area (Å²) < 4.78 is 0. The first-order valence-corrected chi connectivity index (χ1v) is 6.19. The number of imidazole rings is 1. The molecule has 3 aromatic rings. The third kappa shape index (κ3) is 2.71. The average molecular weight is 281 g/mol. The lowest BCUT2D eigenvalue weighted by Crippen LogP contribution is -2.41. The van der Waals surface area contributed by atoms with Gasteiger partial charge in [0.25, 0.3) is 11.8 Å². The first kappa shape index (κ1) is 12.8. The van der Waals surface area contributed by atoms with Crippen molar-refractivity contribution in [3.05, 3.63) is 60.2 Å². The molecule has 0 spiro atoms. The quantitative estimate of drug-likeness (QED) is 0.611. The van der Waals surface area contributed by atoms with Crippen LogP contribution < -0.4 is 10.9 Å². The number of pyridine rings is 1. The summed E-state index contributed by atoms with van der Waals surface area (Å²) in [4.78, 5) is 34.6. The van der Waals surface area contributed by atoms with E-state index in [0.29, 0.717) is 5.56 Å². The number of hydrogen-bond acceptors (Lipinski definition) is 4. The fourth-order valence-electron chi connectivity index (χ4n) is 1.82. The fourth-order valence-corrected chi connectivity index (χ4v) is 1.82. The van der Waals surface area contributed by atoms with Gasteiger partial charge in [-0.1, -0.05) is 6.07 Å². The SMILES string of the molecule is O=C(NNC(=O)c1ccccn1)c1ccc2nc[nH]c2c1. The summed E-state index contributed by atoms with van der Waals surface area (Å²) >= 11 is 0. The number of H-pyrrole nitrogens is 1. The summed E-state index contributed by atoms with van der Waals surface area (Å²) in [6, 6.07) is 9.96. The van der Waals surface area contributed by atoms with Crippen molar-refractivity contribution in [3.63, 3.8) is 0 Å². The Labute approximate surface area is 119 Å². The van der Waals surface area contributed by atoms with Gasteiger partial charge in [-0.3, -0.25) is 25.4 Å². The van der Waals surface area contributed by atoms with Crippen LogP contribution in [0.25, 0.3) is 11.0 Å². The zero-order valence-electron chi connectivity index (χ0n) is 10.8. The van der Waals surface area contributed by atoms with Crippen molar-refractivity contribution in [2.75, 3.05) is 0 Å². The number of carbonyl (C=O) groups excluding carboxylic acids is 2. The Morgan fingerprint density at radius 2 is 1.86 bits per heavy atom. The molecule has 0 bridgehead atoms. The molecule has 3 N–H and O–H groups in total. The molecule has 104 valence electrons. The number of benzene rings is 1. The number of nitrogens with one attached hydrogen (secondary N) is 3. The second kappa shape index (κ2) is 5.41. The molecule has 0 radical (unpaired) electrons. The van der Waals surface area contributed by atoms with Crippen LogP contribution in [0.3, 0.4) is 0 Å². The van der Waals surface area contributed by atoms with E-state index >= 15 is 0 Å². The summed E-state index contributed by atoms with van der Waals surface area (Å²) in [6.45, 7) is 0. The number of hydrogen-bond donors (Lipinski definition) is 3. The molecular weight excluding hydrogens is 270 g/mol. The van der Waals surface area contributed by atoms with Gasteiger partial charge in [0.15, 0.2) is 0 Å². The van der Waals surface area contributed by atoms with Crippen LogP contribution in [0.15, 0.2) is 48.9 Å². The predicted molar refractivity (Wildman–Crippen MR) is 75.3 cm³/mol. The second-order valence-corrected chi connectivity index (χ2v) is 4.26. The summed E-state index contributed by atoms with van der Waals surface area (Å²) in [7, 11) is 0. The summed E-state index contributed by atoms with van der Waals surface area (Å²) in [5.41, 5.74) is 6.80. The molecule has 2 aromatic heterocycles. The fraction of sp³-hybridized carbons (Fsp3) is 0. The van der Waals surface area contributed by atoms with Crippen molar-refractivity contribution in [1.82, 2.24) is 25.8 Å². The molecule has 7 heteroatoms. The molecule has 0 fully saturated rings. The van der Waals surface area contributed by atoms with Gasteiger partial charge in [0.2, 0.25) is 0 Å². The number of amides is 2. The van der Waals surface area contributed by atoms with E-state index < -0.39 is 11.8 Å². The van der Waals surface area contributed by atoms with Crippen molar-refractivity contribution < 1.29 is 9.59 Å². The van der Waals surface area contributed by atoms with Crippen LogP contribution in [0.5, 0.6) is 0 Å². The van der Waals surface area contributed by atoms with Crippen LogP contribution in [-0.4, -0.2) is 26.8 Å². The van der Waals surface area contributed by atoms with Crippen molar-refractivity contribution in [2.45, 2.75) is 0 Å². The van der Waals surface area contributed by atoms with Gasteiger partial charge in [0, 0.05) is 11.8 Å². The number of rotatable bonds is 2. The van der Waals surface area contributed by atoms with Crippen LogP contribution in [0.1, 0.15) is 20.8 Å². The molecule has 0 aliphatic rings. The zero-order valence-corrected chi connectivity index (χ0v) is 10.8. The van der Waals surface area contributed by atoms with Crippen LogP contribution in [-0.2, 0) is 0 Å². The van der Waals surface area contributed by atoms with E-state index in [0.717, 1.165) is 11.0 Å². The van der Waals surface area contributed by atoms with Gasteiger partial charge in [-0.15, -0.1) is 0 Å². The Morgan fingerprint density at radius 1 is 1.00 bits per heavy atom. The number of carbonyl (C=O) groups is 2. The minimum atomic E-state index is -0.480. The van der Waals surface area contributed by atoms with Gasteiger partial charge >= 0.3 is 0 Å².